The summed E-state index contributed by atoms with van der Waals surface area (Å²) < 4.78 is 3.04. The number of amides is 2. The molecule has 2 amide bonds. The number of nitrogens with zero attached hydrogens (tertiary/aromatic N) is 4. The molecule has 3 heterocycles. The van der Waals surface area contributed by atoms with E-state index in [1.165, 1.54) is 15.8 Å². The molecule has 2 N–H and O–H groups in total. The highest BCUT2D eigenvalue weighted by Crippen LogP contribution is 2.33. The van der Waals surface area contributed by atoms with Crippen molar-refractivity contribution >= 4 is 33.4 Å². The van der Waals surface area contributed by atoms with E-state index in [9.17, 15) is 14.4 Å². The number of thiophene rings is 1. The third-order valence-electron chi connectivity index (χ3n) is 5.26. The van der Waals surface area contributed by atoms with Gasteiger partial charge in [0.25, 0.3) is 11.5 Å². The monoisotopic (exact) mass is 428 g/mol. The topological polar surface area (TPSA) is 111 Å². The van der Waals surface area contributed by atoms with Crippen LogP contribution in [0.15, 0.2) is 17.2 Å². The van der Waals surface area contributed by atoms with Crippen LogP contribution in [-0.2, 0) is 35.5 Å². The zero-order chi connectivity index (χ0) is 21.3. The van der Waals surface area contributed by atoms with Gasteiger partial charge in [-0.05, 0) is 51.2 Å². The average Bonchev–Trinajstić information content (AvgIpc) is 3.25. The molecule has 1 aliphatic carbocycles. The van der Waals surface area contributed by atoms with Gasteiger partial charge in [0.05, 0.1) is 17.4 Å². The van der Waals surface area contributed by atoms with E-state index >= 15 is 0 Å². The number of nitrogens with one attached hydrogen (secondary N) is 2. The van der Waals surface area contributed by atoms with Crippen molar-refractivity contribution in [1.82, 2.24) is 30.2 Å². The van der Waals surface area contributed by atoms with E-state index < -0.39 is 0 Å². The number of hydrazine groups is 1. The van der Waals surface area contributed by atoms with E-state index in [0.29, 0.717) is 5.39 Å². The van der Waals surface area contributed by atoms with Crippen LogP contribution < -0.4 is 16.4 Å². The van der Waals surface area contributed by atoms with E-state index in [2.05, 4.69) is 20.9 Å². The smallest absolute Gasteiger partial charge is 0.262 e. The van der Waals surface area contributed by atoms with E-state index in [1.807, 2.05) is 19.9 Å². The van der Waals surface area contributed by atoms with Gasteiger partial charge in [-0.2, -0.15) is 5.10 Å². The van der Waals surface area contributed by atoms with Gasteiger partial charge < -0.3 is 0 Å². The van der Waals surface area contributed by atoms with Crippen molar-refractivity contribution in [3.63, 3.8) is 0 Å². The Balaban J connectivity index is 1.34. The molecule has 0 aromatic carbocycles. The molecule has 30 heavy (non-hydrogen) atoms. The highest BCUT2D eigenvalue weighted by Gasteiger charge is 2.20. The molecule has 0 saturated heterocycles. The van der Waals surface area contributed by atoms with Crippen molar-refractivity contribution < 1.29 is 9.59 Å². The minimum absolute atomic E-state index is 0.0171. The molecule has 0 unspecified atom stereocenters. The molecule has 158 valence electrons. The van der Waals surface area contributed by atoms with E-state index in [-0.39, 0.29) is 36.9 Å². The molecule has 0 fully saturated rings. The highest BCUT2D eigenvalue weighted by molar-refractivity contribution is 7.18. The van der Waals surface area contributed by atoms with Crippen molar-refractivity contribution in [3.05, 3.63) is 44.6 Å². The van der Waals surface area contributed by atoms with Crippen LogP contribution in [0.3, 0.4) is 0 Å². The van der Waals surface area contributed by atoms with Gasteiger partial charge in [-0.3, -0.25) is 34.5 Å². The van der Waals surface area contributed by atoms with Crippen molar-refractivity contribution in [2.45, 2.75) is 59.0 Å². The van der Waals surface area contributed by atoms with Crippen LogP contribution in [0.1, 0.15) is 41.1 Å². The molecule has 0 aliphatic heterocycles. The summed E-state index contributed by atoms with van der Waals surface area (Å²) in [6, 6.07) is 1.87. The fraction of sp³-hybridized carbons (Fsp3) is 0.450. The third-order valence-corrected chi connectivity index (χ3v) is 6.46. The van der Waals surface area contributed by atoms with E-state index in [4.69, 9.17) is 0 Å². The maximum atomic E-state index is 12.9. The Morgan fingerprint density at radius 1 is 1.17 bits per heavy atom. The molecule has 0 bridgehead atoms. The minimum Gasteiger partial charge on any atom is -0.298 e. The predicted octanol–water partition coefficient (Wildman–Crippen LogP) is 1.39. The summed E-state index contributed by atoms with van der Waals surface area (Å²) in [6.07, 6.45) is 5.72. The maximum Gasteiger partial charge on any atom is 0.262 e. The zero-order valence-electron chi connectivity index (χ0n) is 17.0. The quantitative estimate of drug-likeness (QED) is 0.597. The van der Waals surface area contributed by atoms with Crippen LogP contribution in [-0.4, -0.2) is 31.1 Å². The van der Waals surface area contributed by atoms with Crippen LogP contribution in [0.2, 0.25) is 0 Å². The number of fused-ring (bicyclic) bond motifs is 3. The Hall–Kier alpha value is -3.01. The average molecular weight is 429 g/mol. The number of aryl methyl sites for hydroxylation is 5. The summed E-state index contributed by atoms with van der Waals surface area (Å²) in [5.41, 5.74) is 7.50. The molecule has 0 saturated carbocycles. The summed E-state index contributed by atoms with van der Waals surface area (Å²) in [7, 11) is 0. The molecule has 1 aliphatic rings. The SMILES string of the molecule is Cc1cc(C)n(CC(=O)NNC(=O)CCn2cnc3sc4c(c3c2=O)CCCC4)n1. The molecular formula is C20H24N6O3S. The Kier molecular flexibility index (Phi) is 5.67. The molecule has 4 rings (SSSR count). The van der Waals surface area contributed by atoms with Gasteiger partial charge in [0.1, 0.15) is 11.4 Å². The number of carbonyl (C=O) groups excluding carboxylic acids is 2. The molecule has 3 aromatic heterocycles. The largest absolute Gasteiger partial charge is 0.298 e. The number of hydrogen-bond donors (Lipinski definition) is 2. The van der Waals surface area contributed by atoms with Crippen molar-refractivity contribution in [3.8, 4) is 0 Å². The Morgan fingerprint density at radius 2 is 1.93 bits per heavy atom. The van der Waals surface area contributed by atoms with Gasteiger partial charge in [-0.1, -0.05) is 0 Å². The summed E-state index contributed by atoms with van der Waals surface area (Å²) in [5.74, 6) is -0.754. The van der Waals surface area contributed by atoms with Crippen LogP contribution in [0, 0.1) is 13.8 Å². The van der Waals surface area contributed by atoms with Gasteiger partial charge in [0.15, 0.2) is 0 Å². The highest BCUT2D eigenvalue weighted by atomic mass is 32.1. The third kappa shape index (κ3) is 4.13. The first kappa shape index (κ1) is 20.3. The second kappa shape index (κ2) is 8.39. The van der Waals surface area contributed by atoms with Gasteiger partial charge in [-0.25, -0.2) is 4.98 Å². The van der Waals surface area contributed by atoms with Crippen LogP contribution in [0.4, 0.5) is 0 Å². The second-order valence-corrected chi connectivity index (χ2v) is 8.65. The zero-order valence-corrected chi connectivity index (χ0v) is 17.8. The lowest BCUT2D eigenvalue weighted by Crippen LogP contribution is -2.43. The Bertz CT molecular complexity index is 1180. The van der Waals surface area contributed by atoms with Crippen molar-refractivity contribution in [1.29, 1.82) is 0 Å². The molecule has 9 nitrogen and oxygen atoms in total. The van der Waals surface area contributed by atoms with E-state index in [1.54, 1.807) is 16.0 Å². The number of aromatic nitrogens is 4. The van der Waals surface area contributed by atoms with Crippen LogP contribution in [0.25, 0.3) is 10.2 Å². The molecular weight excluding hydrogens is 404 g/mol. The lowest BCUT2D eigenvalue weighted by molar-refractivity contribution is -0.129. The summed E-state index contributed by atoms with van der Waals surface area (Å²) in [5, 5.41) is 4.92. The summed E-state index contributed by atoms with van der Waals surface area (Å²) in [4.78, 5) is 43.5. The van der Waals surface area contributed by atoms with Crippen molar-refractivity contribution in [2.75, 3.05) is 0 Å². The maximum absolute atomic E-state index is 12.9. The fourth-order valence-corrected chi connectivity index (χ4v) is 4.99. The lowest BCUT2D eigenvalue weighted by Gasteiger charge is -2.11. The number of rotatable bonds is 5. The van der Waals surface area contributed by atoms with Gasteiger partial charge in [0, 0.05) is 23.5 Å². The molecule has 3 aromatic rings. The van der Waals surface area contributed by atoms with Gasteiger partial charge in [0.2, 0.25) is 5.91 Å². The molecule has 0 spiro atoms. The van der Waals surface area contributed by atoms with Gasteiger partial charge >= 0.3 is 0 Å². The van der Waals surface area contributed by atoms with Crippen LogP contribution in [0.5, 0.6) is 0 Å². The van der Waals surface area contributed by atoms with Crippen LogP contribution >= 0.6 is 11.3 Å². The molecule has 0 atom stereocenters. The summed E-state index contributed by atoms with van der Waals surface area (Å²) >= 11 is 1.60. The van der Waals surface area contributed by atoms with E-state index in [0.717, 1.165) is 47.5 Å². The first-order valence-corrected chi connectivity index (χ1v) is 10.8. The standard InChI is InChI=1S/C20H24N6O3S/c1-12-9-13(2)26(24-12)10-17(28)23-22-16(27)7-8-25-11-21-19-18(20(25)29)14-5-3-4-6-15(14)30-19/h9,11H,3-8,10H2,1-2H3,(H,22,27)(H,23,28). The number of carbonyl (C=O) groups is 2. The Labute approximate surface area is 177 Å². The summed E-state index contributed by atoms with van der Waals surface area (Å²) in [6.45, 7) is 3.93. The normalized spacial score (nSPS) is 13.3. The number of hydrogen-bond acceptors (Lipinski definition) is 6. The predicted molar refractivity (Wildman–Crippen MR) is 113 cm³/mol. The van der Waals surface area contributed by atoms with Crippen molar-refractivity contribution in [2.24, 2.45) is 0 Å². The Morgan fingerprint density at radius 3 is 2.70 bits per heavy atom. The fourth-order valence-electron chi connectivity index (χ4n) is 3.77. The minimum atomic E-state index is -0.379. The lowest BCUT2D eigenvalue weighted by atomic mass is 9.97. The first-order valence-electron chi connectivity index (χ1n) is 10.0. The second-order valence-electron chi connectivity index (χ2n) is 7.57. The first-order chi connectivity index (χ1) is 14.4. The van der Waals surface area contributed by atoms with Gasteiger partial charge in [-0.15, -0.1) is 11.3 Å². The molecule has 0 radical (unpaired) electrons. The molecule has 10 heteroatoms.